The van der Waals surface area contributed by atoms with Crippen molar-refractivity contribution in [3.05, 3.63) is 154 Å². The van der Waals surface area contributed by atoms with Crippen LogP contribution in [0.4, 0.5) is 0 Å². The van der Waals surface area contributed by atoms with Gasteiger partial charge in [0.05, 0.1) is 0 Å². The van der Waals surface area contributed by atoms with Gasteiger partial charge in [0.25, 0.3) is 0 Å². The smallest absolute Gasteiger partial charge is 0.0159 e. The molecule has 0 spiro atoms. The summed E-state index contributed by atoms with van der Waals surface area (Å²) in [6.45, 7) is 18.1. The van der Waals surface area contributed by atoms with Crippen LogP contribution in [0, 0.1) is 6.92 Å². The van der Waals surface area contributed by atoms with Crippen molar-refractivity contribution in [1.29, 1.82) is 0 Å². The van der Waals surface area contributed by atoms with Gasteiger partial charge in [0.1, 0.15) is 0 Å². The first-order valence-electron chi connectivity index (χ1n) is 17.4. The summed E-state index contributed by atoms with van der Waals surface area (Å²) in [5.41, 5.74) is 23.3. The molecule has 0 bridgehead atoms. The fraction of sp³-hybridized carbons (Fsp3) is 0.234. The Hall–Kier alpha value is -4.68. The van der Waals surface area contributed by atoms with Crippen molar-refractivity contribution in [2.75, 3.05) is 0 Å². The number of hydrogen-bond donors (Lipinski definition) is 0. The van der Waals surface area contributed by atoms with Gasteiger partial charge in [-0.15, -0.1) is 0 Å². The van der Waals surface area contributed by atoms with Gasteiger partial charge in [-0.25, -0.2) is 0 Å². The summed E-state index contributed by atoms with van der Waals surface area (Å²) >= 11 is 0. The Morgan fingerprint density at radius 1 is 0.404 bits per heavy atom. The van der Waals surface area contributed by atoms with Crippen LogP contribution in [-0.4, -0.2) is 0 Å². The van der Waals surface area contributed by atoms with E-state index in [4.69, 9.17) is 0 Å². The van der Waals surface area contributed by atoms with Gasteiger partial charge in [0.2, 0.25) is 0 Å². The van der Waals surface area contributed by atoms with Crippen molar-refractivity contribution < 1.29 is 0 Å². The summed E-state index contributed by atoms with van der Waals surface area (Å²) in [5.74, 6) is 0.424. The average Bonchev–Trinajstić information content (AvgIpc) is 3.60. The second kappa shape index (κ2) is 10.4. The Morgan fingerprint density at radius 3 is 1.30 bits per heavy atom. The molecular weight excluding hydrogens is 565 g/mol. The Labute approximate surface area is 281 Å². The van der Waals surface area contributed by atoms with Crippen LogP contribution in [0.15, 0.2) is 115 Å². The van der Waals surface area contributed by atoms with Crippen molar-refractivity contribution in [2.24, 2.45) is 0 Å². The third-order valence-corrected chi connectivity index (χ3v) is 11.4. The van der Waals surface area contributed by atoms with E-state index in [1.54, 1.807) is 0 Å². The van der Waals surface area contributed by atoms with Crippen molar-refractivity contribution >= 4 is 0 Å². The average molecular weight is 609 g/mol. The molecule has 0 aromatic heterocycles. The summed E-state index contributed by atoms with van der Waals surface area (Å²) < 4.78 is 0. The van der Waals surface area contributed by atoms with Crippen molar-refractivity contribution in [1.82, 2.24) is 0 Å². The van der Waals surface area contributed by atoms with Gasteiger partial charge in [-0.1, -0.05) is 145 Å². The summed E-state index contributed by atoms with van der Waals surface area (Å²) in [5, 5.41) is 0. The third kappa shape index (κ3) is 4.20. The molecule has 1 unspecified atom stereocenters. The Morgan fingerprint density at radius 2 is 0.787 bits per heavy atom. The quantitative estimate of drug-likeness (QED) is 0.183. The Bertz CT molecular complexity index is 2240. The third-order valence-electron chi connectivity index (χ3n) is 11.4. The molecule has 0 heteroatoms. The first-order chi connectivity index (χ1) is 22.6. The van der Waals surface area contributed by atoms with Crippen molar-refractivity contribution in [3.8, 4) is 55.6 Å². The minimum absolute atomic E-state index is 0.00648. The molecule has 0 saturated carbocycles. The largest absolute Gasteiger partial charge is 0.0683 e. The fourth-order valence-electron chi connectivity index (χ4n) is 8.76. The summed E-state index contributed by atoms with van der Waals surface area (Å²) in [6, 6.07) is 44.3. The standard InChI is InChI=1S/C45H38.C2H6/c1-26-11-16-35-36-19-14-30(24-41(36)44(3,4)40(35)21-26)31-15-20-38-37-18-13-29(23-42(37)45(5,6)43(38)25-31)28-12-17-34-33-10-8-7-9-32(33)27(2)39(34)22-28;1-2/h7-25,27H,1-6H3;1-2H3. The summed E-state index contributed by atoms with van der Waals surface area (Å²) in [6.07, 6.45) is 0. The minimum Gasteiger partial charge on any atom is -0.0683 e. The van der Waals surface area contributed by atoms with Crippen LogP contribution in [0.5, 0.6) is 0 Å². The molecule has 0 fully saturated rings. The molecule has 0 aliphatic heterocycles. The topological polar surface area (TPSA) is 0 Å². The van der Waals surface area contributed by atoms with E-state index in [1.165, 1.54) is 94.6 Å². The fourth-order valence-corrected chi connectivity index (χ4v) is 8.76. The molecule has 0 amide bonds. The zero-order chi connectivity index (χ0) is 32.8. The maximum atomic E-state index is 2.46. The first kappa shape index (κ1) is 29.7. The second-order valence-corrected chi connectivity index (χ2v) is 14.7. The molecule has 0 heterocycles. The van der Waals surface area contributed by atoms with Crippen LogP contribution in [0.25, 0.3) is 55.6 Å². The van der Waals surface area contributed by atoms with Crippen LogP contribution < -0.4 is 0 Å². The molecule has 0 saturated heterocycles. The lowest BCUT2D eigenvalue weighted by Gasteiger charge is -2.24. The lowest BCUT2D eigenvalue weighted by molar-refractivity contribution is 0.659. The number of aryl methyl sites for hydroxylation is 1. The molecule has 47 heavy (non-hydrogen) atoms. The van der Waals surface area contributed by atoms with Gasteiger partial charge in [0.15, 0.2) is 0 Å². The van der Waals surface area contributed by atoms with E-state index in [0.717, 1.165) is 0 Å². The highest BCUT2D eigenvalue weighted by Gasteiger charge is 2.38. The van der Waals surface area contributed by atoms with E-state index in [0.29, 0.717) is 5.92 Å². The second-order valence-electron chi connectivity index (χ2n) is 14.7. The molecule has 6 aromatic rings. The highest BCUT2D eigenvalue weighted by atomic mass is 14.4. The van der Waals surface area contributed by atoms with Crippen LogP contribution in [0.3, 0.4) is 0 Å². The highest BCUT2D eigenvalue weighted by molar-refractivity contribution is 5.88. The Balaban J connectivity index is 0.00000159. The number of rotatable bonds is 2. The number of fused-ring (bicyclic) bond motifs is 9. The molecule has 1 atom stereocenters. The van der Waals surface area contributed by atoms with Crippen LogP contribution in [0.1, 0.15) is 93.3 Å². The molecule has 3 aliphatic rings. The molecular formula is C47H44. The van der Waals surface area contributed by atoms with Gasteiger partial charge >= 0.3 is 0 Å². The lowest BCUT2D eigenvalue weighted by Crippen LogP contribution is -2.15. The summed E-state index contributed by atoms with van der Waals surface area (Å²) in [4.78, 5) is 0. The maximum absolute atomic E-state index is 2.46. The normalized spacial score (nSPS) is 16.6. The van der Waals surface area contributed by atoms with E-state index in [2.05, 4.69) is 157 Å². The first-order valence-corrected chi connectivity index (χ1v) is 17.4. The molecule has 9 rings (SSSR count). The van der Waals surface area contributed by atoms with E-state index >= 15 is 0 Å². The van der Waals surface area contributed by atoms with Crippen molar-refractivity contribution in [3.63, 3.8) is 0 Å². The van der Waals surface area contributed by atoms with Crippen molar-refractivity contribution in [2.45, 2.75) is 72.1 Å². The molecule has 0 radical (unpaired) electrons. The van der Waals surface area contributed by atoms with Crippen LogP contribution in [-0.2, 0) is 10.8 Å². The Kier molecular flexibility index (Phi) is 6.58. The maximum Gasteiger partial charge on any atom is 0.0159 e. The zero-order valence-corrected chi connectivity index (χ0v) is 29.0. The van der Waals surface area contributed by atoms with Gasteiger partial charge in [0, 0.05) is 16.7 Å². The predicted octanol–water partition coefficient (Wildman–Crippen LogP) is 13.1. The predicted molar refractivity (Wildman–Crippen MR) is 201 cm³/mol. The molecule has 0 nitrogen and oxygen atoms in total. The van der Waals surface area contributed by atoms with E-state index in [-0.39, 0.29) is 10.8 Å². The van der Waals surface area contributed by atoms with Gasteiger partial charge < -0.3 is 0 Å². The zero-order valence-electron chi connectivity index (χ0n) is 29.0. The monoisotopic (exact) mass is 608 g/mol. The van der Waals surface area contributed by atoms with E-state index in [1.807, 2.05) is 13.8 Å². The highest BCUT2D eigenvalue weighted by Crippen LogP contribution is 2.53. The molecule has 3 aliphatic carbocycles. The van der Waals surface area contributed by atoms with E-state index < -0.39 is 0 Å². The summed E-state index contributed by atoms with van der Waals surface area (Å²) in [7, 11) is 0. The lowest BCUT2D eigenvalue weighted by atomic mass is 9.79. The van der Waals surface area contributed by atoms with Gasteiger partial charge in [-0.2, -0.15) is 0 Å². The van der Waals surface area contributed by atoms with Crippen LogP contribution >= 0.6 is 0 Å². The van der Waals surface area contributed by atoms with Gasteiger partial charge in [-0.05, 0) is 120 Å². The number of benzene rings is 6. The molecule has 0 N–H and O–H groups in total. The SMILES string of the molecule is CC.Cc1ccc2c(c1)C(C)(C)c1cc(-c3ccc4c(c3)C(C)(C)c3cc(-c5ccc6c(c5)C(C)c5ccccc5-6)ccc3-4)ccc1-2. The van der Waals surface area contributed by atoms with Crippen LogP contribution in [0.2, 0.25) is 0 Å². The van der Waals surface area contributed by atoms with Gasteiger partial charge in [-0.3, -0.25) is 0 Å². The minimum atomic E-state index is -0.0826. The number of hydrogen-bond acceptors (Lipinski definition) is 0. The molecule has 232 valence electrons. The molecule has 6 aromatic carbocycles. The van der Waals surface area contributed by atoms with E-state index in [9.17, 15) is 0 Å².